The molecule has 0 bridgehead atoms. The number of nitrogens with one attached hydrogen (secondary N) is 1. The van der Waals surface area contributed by atoms with E-state index >= 15 is 0 Å². The lowest BCUT2D eigenvalue weighted by molar-refractivity contribution is 0.816. The second kappa shape index (κ2) is 6.78. The van der Waals surface area contributed by atoms with Crippen LogP contribution in [0, 0.1) is 0 Å². The van der Waals surface area contributed by atoms with Crippen molar-refractivity contribution in [2.75, 3.05) is 29.0 Å². The number of aromatic nitrogens is 3. The maximum Gasteiger partial charge on any atom is 0.233 e. The Morgan fingerprint density at radius 3 is 2.43 bits per heavy atom. The van der Waals surface area contributed by atoms with Crippen LogP contribution in [0.4, 0.5) is 23.5 Å². The number of nitrogens with zero attached hydrogens (tertiary/aromatic N) is 4. The average molecular weight is 327 g/mol. The van der Waals surface area contributed by atoms with Gasteiger partial charge in [-0.05, 0) is 32.0 Å². The fourth-order valence-electron chi connectivity index (χ4n) is 1.79. The van der Waals surface area contributed by atoms with E-state index in [-0.39, 0.29) is 5.95 Å². The van der Waals surface area contributed by atoms with Crippen molar-refractivity contribution in [3.05, 3.63) is 28.2 Å². The summed E-state index contributed by atoms with van der Waals surface area (Å²) in [6.45, 7) is 5.61. The van der Waals surface area contributed by atoms with E-state index in [0.29, 0.717) is 21.9 Å². The maximum absolute atomic E-state index is 5.98. The SMILES string of the molecule is CCN(CC)c1nc(N)nc(Nc2ccc(Cl)c(Cl)c2)n1. The lowest BCUT2D eigenvalue weighted by atomic mass is 10.3. The van der Waals surface area contributed by atoms with Crippen LogP contribution in [0.3, 0.4) is 0 Å². The van der Waals surface area contributed by atoms with Crippen molar-refractivity contribution < 1.29 is 0 Å². The number of rotatable bonds is 5. The fraction of sp³-hybridized carbons (Fsp3) is 0.308. The number of halogens is 2. The molecule has 6 nitrogen and oxygen atoms in total. The summed E-state index contributed by atoms with van der Waals surface area (Å²) in [6.07, 6.45) is 0. The van der Waals surface area contributed by atoms with Crippen LogP contribution < -0.4 is 16.0 Å². The third-order valence-corrected chi connectivity index (χ3v) is 3.60. The number of anilines is 4. The van der Waals surface area contributed by atoms with Gasteiger partial charge in [-0.3, -0.25) is 0 Å². The van der Waals surface area contributed by atoms with E-state index in [9.17, 15) is 0 Å². The summed E-state index contributed by atoms with van der Waals surface area (Å²) >= 11 is 11.9. The third-order valence-electron chi connectivity index (χ3n) is 2.86. The largest absolute Gasteiger partial charge is 0.368 e. The summed E-state index contributed by atoms with van der Waals surface area (Å²) in [6, 6.07) is 5.17. The van der Waals surface area contributed by atoms with E-state index < -0.39 is 0 Å². The van der Waals surface area contributed by atoms with E-state index in [1.54, 1.807) is 18.2 Å². The molecule has 3 N–H and O–H groups in total. The zero-order chi connectivity index (χ0) is 15.4. The van der Waals surface area contributed by atoms with Gasteiger partial charge in [-0.2, -0.15) is 15.0 Å². The van der Waals surface area contributed by atoms with Crippen LogP contribution in [0.2, 0.25) is 10.0 Å². The van der Waals surface area contributed by atoms with Crippen LogP contribution in [-0.2, 0) is 0 Å². The predicted octanol–water partition coefficient (Wildman–Crippen LogP) is 3.35. The van der Waals surface area contributed by atoms with Gasteiger partial charge in [0.1, 0.15) is 0 Å². The van der Waals surface area contributed by atoms with Crippen LogP contribution in [0.25, 0.3) is 0 Å². The van der Waals surface area contributed by atoms with E-state index in [1.807, 2.05) is 18.7 Å². The van der Waals surface area contributed by atoms with Gasteiger partial charge in [0.25, 0.3) is 0 Å². The summed E-state index contributed by atoms with van der Waals surface area (Å²) in [5, 5.41) is 3.98. The van der Waals surface area contributed by atoms with Gasteiger partial charge in [-0.1, -0.05) is 23.2 Å². The molecule has 112 valence electrons. The fourth-order valence-corrected chi connectivity index (χ4v) is 2.09. The maximum atomic E-state index is 5.98. The topological polar surface area (TPSA) is 80.0 Å². The average Bonchev–Trinajstić information content (AvgIpc) is 2.44. The summed E-state index contributed by atoms with van der Waals surface area (Å²) in [4.78, 5) is 14.6. The molecular weight excluding hydrogens is 311 g/mol. The van der Waals surface area contributed by atoms with Crippen molar-refractivity contribution in [1.29, 1.82) is 0 Å². The Labute approximate surface area is 133 Å². The van der Waals surface area contributed by atoms with Gasteiger partial charge < -0.3 is 16.0 Å². The Kier molecular flexibility index (Phi) is 5.03. The van der Waals surface area contributed by atoms with Gasteiger partial charge in [0.15, 0.2) is 0 Å². The highest BCUT2D eigenvalue weighted by Crippen LogP contribution is 2.26. The second-order valence-corrected chi connectivity index (χ2v) is 5.06. The summed E-state index contributed by atoms with van der Waals surface area (Å²) in [7, 11) is 0. The Bertz CT molecular complexity index is 630. The highest BCUT2D eigenvalue weighted by atomic mass is 35.5. The number of nitrogen functional groups attached to an aromatic ring is 1. The normalized spacial score (nSPS) is 10.5. The molecule has 1 aromatic heterocycles. The molecule has 1 heterocycles. The van der Waals surface area contributed by atoms with Crippen LogP contribution in [-0.4, -0.2) is 28.0 Å². The first kappa shape index (κ1) is 15.6. The molecule has 2 aromatic rings. The van der Waals surface area contributed by atoms with Crippen molar-refractivity contribution in [1.82, 2.24) is 15.0 Å². The zero-order valence-electron chi connectivity index (χ0n) is 11.8. The smallest absolute Gasteiger partial charge is 0.233 e. The third kappa shape index (κ3) is 3.86. The first-order chi connectivity index (χ1) is 10.0. The first-order valence-corrected chi connectivity index (χ1v) is 7.27. The number of benzene rings is 1. The van der Waals surface area contributed by atoms with Crippen molar-refractivity contribution in [3.63, 3.8) is 0 Å². The molecule has 0 aliphatic heterocycles. The van der Waals surface area contributed by atoms with E-state index in [1.165, 1.54) is 0 Å². The molecule has 0 fully saturated rings. The molecule has 0 aliphatic carbocycles. The Morgan fingerprint density at radius 2 is 1.81 bits per heavy atom. The molecule has 0 saturated heterocycles. The molecule has 1 aromatic carbocycles. The van der Waals surface area contributed by atoms with Crippen molar-refractivity contribution in [2.45, 2.75) is 13.8 Å². The molecule has 8 heteroatoms. The number of hydrogen-bond acceptors (Lipinski definition) is 6. The molecular formula is C13H16Cl2N6. The predicted molar refractivity (Wildman–Crippen MR) is 87.5 cm³/mol. The molecule has 0 radical (unpaired) electrons. The molecule has 21 heavy (non-hydrogen) atoms. The van der Waals surface area contributed by atoms with Crippen molar-refractivity contribution in [3.8, 4) is 0 Å². The lowest BCUT2D eigenvalue weighted by Gasteiger charge is -2.19. The van der Waals surface area contributed by atoms with Gasteiger partial charge in [-0.25, -0.2) is 0 Å². The van der Waals surface area contributed by atoms with Gasteiger partial charge >= 0.3 is 0 Å². The van der Waals surface area contributed by atoms with Crippen LogP contribution in [0.1, 0.15) is 13.8 Å². The van der Waals surface area contributed by atoms with Gasteiger partial charge in [0.2, 0.25) is 17.8 Å². The molecule has 2 rings (SSSR count). The molecule has 0 atom stereocenters. The van der Waals surface area contributed by atoms with E-state index in [0.717, 1.165) is 18.8 Å². The second-order valence-electron chi connectivity index (χ2n) is 4.24. The number of nitrogens with two attached hydrogens (primary N) is 1. The van der Waals surface area contributed by atoms with Crippen LogP contribution >= 0.6 is 23.2 Å². The van der Waals surface area contributed by atoms with E-state index in [4.69, 9.17) is 28.9 Å². The summed E-state index contributed by atoms with van der Waals surface area (Å²) in [5.74, 6) is 1.06. The highest BCUT2D eigenvalue weighted by Gasteiger charge is 2.10. The monoisotopic (exact) mass is 326 g/mol. The number of hydrogen-bond donors (Lipinski definition) is 2. The van der Waals surface area contributed by atoms with Crippen LogP contribution in [0.15, 0.2) is 18.2 Å². The van der Waals surface area contributed by atoms with Crippen LogP contribution in [0.5, 0.6) is 0 Å². The summed E-state index contributed by atoms with van der Waals surface area (Å²) < 4.78 is 0. The highest BCUT2D eigenvalue weighted by molar-refractivity contribution is 6.42. The minimum absolute atomic E-state index is 0.162. The Hall–Kier alpha value is -1.79. The van der Waals surface area contributed by atoms with Gasteiger partial charge in [0.05, 0.1) is 10.0 Å². The standard InChI is InChI=1S/C13H16Cl2N6/c1-3-21(4-2)13-19-11(16)18-12(20-13)17-8-5-6-9(14)10(15)7-8/h5-7H,3-4H2,1-2H3,(H3,16,17,18,19,20). The molecule has 0 unspecified atom stereocenters. The molecule has 0 spiro atoms. The minimum Gasteiger partial charge on any atom is -0.368 e. The molecule has 0 saturated carbocycles. The van der Waals surface area contributed by atoms with Crippen molar-refractivity contribution >= 4 is 46.7 Å². The van der Waals surface area contributed by atoms with Gasteiger partial charge in [0, 0.05) is 18.8 Å². The Morgan fingerprint density at radius 1 is 1.10 bits per heavy atom. The first-order valence-electron chi connectivity index (χ1n) is 6.52. The molecule has 0 amide bonds. The molecule has 0 aliphatic rings. The van der Waals surface area contributed by atoms with Gasteiger partial charge in [-0.15, -0.1) is 0 Å². The zero-order valence-corrected chi connectivity index (χ0v) is 13.3. The van der Waals surface area contributed by atoms with E-state index in [2.05, 4.69) is 20.3 Å². The quantitative estimate of drug-likeness (QED) is 0.877. The summed E-state index contributed by atoms with van der Waals surface area (Å²) in [5.41, 5.74) is 6.46. The lowest BCUT2D eigenvalue weighted by Crippen LogP contribution is -2.25. The van der Waals surface area contributed by atoms with Crippen molar-refractivity contribution in [2.24, 2.45) is 0 Å². The Balaban J connectivity index is 2.29. The minimum atomic E-state index is 0.162.